The van der Waals surface area contributed by atoms with Crippen molar-refractivity contribution < 1.29 is 33.3 Å². The lowest BCUT2D eigenvalue weighted by Crippen LogP contribution is -2.37. The molecule has 0 aromatic heterocycles. The van der Waals surface area contributed by atoms with Gasteiger partial charge in [-0.25, -0.2) is 9.59 Å². The number of ether oxygens (including phenoxy) is 5. The summed E-state index contributed by atoms with van der Waals surface area (Å²) in [5, 5.41) is 6.23. The van der Waals surface area contributed by atoms with E-state index in [2.05, 4.69) is 15.3 Å². The quantitative estimate of drug-likeness (QED) is 0.0655. The summed E-state index contributed by atoms with van der Waals surface area (Å²) in [5.74, 6) is -1.35. The van der Waals surface area contributed by atoms with Crippen LogP contribution in [0.15, 0.2) is 5.11 Å². The van der Waals surface area contributed by atoms with Crippen LogP contribution in [0.3, 0.4) is 0 Å². The molecule has 0 saturated heterocycles. The van der Waals surface area contributed by atoms with E-state index in [9.17, 15) is 9.59 Å². The number of unbranched alkanes of at least 4 members (excludes halogenated alkanes) is 1. The summed E-state index contributed by atoms with van der Waals surface area (Å²) in [5.41, 5.74) is 13.5. The predicted octanol–water partition coefficient (Wildman–Crippen LogP) is 0.540. The van der Waals surface area contributed by atoms with E-state index < -0.39 is 18.0 Å². The fourth-order valence-corrected chi connectivity index (χ4v) is 2.18. The highest BCUT2D eigenvalue weighted by Gasteiger charge is 2.20. The first-order chi connectivity index (χ1) is 14.7. The molecule has 12 heteroatoms. The molecule has 0 aliphatic carbocycles. The van der Waals surface area contributed by atoms with Crippen molar-refractivity contribution >= 4 is 11.9 Å². The number of rotatable bonds is 21. The monoisotopic (exact) mass is 433 g/mol. The zero-order valence-corrected chi connectivity index (χ0v) is 17.8. The molecule has 0 radical (unpaired) electrons. The minimum absolute atomic E-state index is 0.198. The Morgan fingerprint density at radius 2 is 1.57 bits per heavy atom. The second kappa shape index (κ2) is 21.9. The topological polar surface area (TPSA) is 167 Å². The summed E-state index contributed by atoms with van der Waals surface area (Å²) in [6.45, 7) is 3.38. The van der Waals surface area contributed by atoms with Crippen molar-refractivity contribution in [3.63, 3.8) is 0 Å². The van der Waals surface area contributed by atoms with Gasteiger partial charge in [-0.05, 0) is 38.4 Å². The standard InChI is InChI=1S/C18H35N5O7/c1-21-16(5-2-3-6-19)18(25)30-17(24)15-29-14-13-28-12-11-27-10-9-26-8-4-7-22-23-20/h16,21H,2-15,19H2,1H3/t16-/m0/s1. The third-order valence-corrected chi connectivity index (χ3v) is 3.74. The molecule has 0 amide bonds. The minimum Gasteiger partial charge on any atom is -0.390 e. The zero-order chi connectivity index (χ0) is 22.3. The van der Waals surface area contributed by atoms with Crippen LogP contribution in [0.5, 0.6) is 0 Å². The number of likely N-dealkylation sites (N-methyl/N-ethyl adjacent to an activating group) is 1. The van der Waals surface area contributed by atoms with Crippen LogP contribution in [0.2, 0.25) is 0 Å². The zero-order valence-electron chi connectivity index (χ0n) is 17.8. The molecule has 0 unspecified atom stereocenters. The van der Waals surface area contributed by atoms with Crippen LogP contribution in [0.1, 0.15) is 25.7 Å². The summed E-state index contributed by atoms with van der Waals surface area (Å²) in [7, 11) is 1.64. The second-order valence-electron chi connectivity index (χ2n) is 6.12. The van der Waals surface area contributed by atoms with E-state index in [-0.39, 0.29) is 13.2 Å². The lowest BCUT2D eigenvalue weighted by atomic mass is 10.1. The van der Waals surface area contributed by atoms with Crippen LogP contribution < -0.4 is 11.1 Å². The number of hydrogen-bond acceptors (Lipinski definition) is 10. The Morgan fingerprint density at radius 1 is 0.967 bits per heavy atom. The molecule has 30 heavy (non-hydrogen) atoms. The molecule has 3 N–H and O–H groups in total. The highest BCUT2D eigenvalue weighted by molar-refractivity contribution is 5.88. The van der Waals surface area contributed by atoms with Crippen LogP contribution >= 0.6 is 0 Å². The van der Waals surface area contributed by atoms with E-state index in [4.69, 9.17) is 34.9 Å². The van der Waals surface area contributed by atoms with Crippen molar-refractivity contribution in [3.05, 3.63) is 10.4 Å². The van der Waals surface area contributed by atoms with E-state index in [0.29, 0.717) is 65.6 Å². The van der Waals surface area contributed by atoms with Gasteiger partial charge in [0.2, 0.25) is 0 Å². The molecule has 0 heterocycles. The number of esters is 2. The molecule has 0 aliphatic heterocycles. The Labute approximate surface area is 177 Å². The third-order valence-electron chi connectivity index (χ3n) is 3.74. The molecule has 174 valence electrons. The van der Waals surface area contributed by atoms with Gasteiger partial charge >= 0.3 is 11.9 Å². The molecular formula is C18H35N5O7. The fraction of sp³-hybridized carbons (Fsp3) is 0.889. The molecule has 0 aromatic carbocycles. The average molecular weight is 434 g/mol. The van der Waals surface area contributed by atoms with Gasteiger partial charge < -0.3 is 34.7 Å². The Balaban J connectivity index is 3.47. The number of carbonyl (C=O) groups is 2. The van der Waals surface area contributed by atoms with E-state index in [1.807, 2.05) is 0 Å². The Hall–Kier alpha value is -1.79. The van der Waals surface area contributed by atoms with Crippen molar-refractivity contribution in [2.45, 2.75) is 31.7 Å². The van der Waals surface area contributed by atoms with Gasteiger partial charge in [0.05, 0.1) is 39.6 Å². The Morgan fingerprint density at radius 3 is 2.13 bits per heavy atom. The van der Waals surface area contributed by atoms with E-state index in [1.165, 1.54) is 0 Å². The molecule has 0 rings (SSSR count). The summed E-state index contributed by atoms with van der Waals surface area (Å²) >= 11 is 0. The highest BCUT2D eigenvalue weighted by atomic mass is 16.6. The van der Waals surface area contributed by atoms with Crippen molar-refractivity contribution in [1.82, 2.24) is 5.32 Å². The van der Waals surface area contributed by atoms with Gasteiger partial charge in [0.1, 0.15) is 12.6 Å². The first-order valence-electron chi connectivity index (χ1n) is 10.1. The normalized spacial score (nSPS) is 11.7. The molecule has 1 atom stereocenters. The molecule has 12 nitrogen and oxygen atoms in total. The summed E-state index contributed by atoms with van der Waals surface area (Å²) < 4.78 is 25.8. The smallest absolute Gasteiger partial charge is 0.339 e. The fourth-order valence-electron chi connectivity index (χ4n) is 2.18. The molecule has 0 bridgehead atoms. The second-order valence-corrected chi connectivity index (χ2v) is 6.12. The maximum atomic E-state index is 11.9. The van der Waals surface area contributed by atoms with Crippen molar-refractivity contribution in [2.75, 3.05) is 73.0 Å². The highest BCUT2D eigenvalue weighted by Crippen LogP contribution is 2.02. The van der Waals surface area contributed by atoms with Gasteiger partial charge in [-0.2, -0.15) is 0 Å². The van der Waals surface area contributed by atoms with E-state index in [1.54, 1.807) is 7.05 Å². The minimum atomic E-state index is -0.734. The summed E-state index contributed by atoms with van der Waals surface area (Å²) in [6, 6.07) is -0.535. The lowest BCUT2D eigenvalue weighted by Gasteiger charge is -2.14. The average Bonchev–Trinajstić information content (AvgIpc) is 2.74. The van der Waals surface area contributed by atoms with Crippen LogP contribution in [-0.4, -0.2) is 91.0 Å². The molecule has 0 spiro atoms. The van der Waals surface area contributed by atoms with Crippen molar-refractivity contribution in [1.29, 1.82) is 0 Å². The van der Waals surface area contributed by atoms with Gasteiger partial charge in [-0.3, -0.25) is 0 Å². The first-order valence-corrected chi connectivity index (χ1v) is 10.1. The number of hydrogen-bond donors (Lipinski definition) is 2. The molecule has 0 fully saturated rings. The molecular weight excluding hydrogens is 398 g/mol. The van der Waals surface area contributed by atoms with Crippen LogP contribution in [0.25, 0.3) is 10.4 Å². The van der Waals surface area contributed by atoms with Gasteiger partial charge in [0.25, 0.3) is 0 Å². The maximum absolute atomic E-state index is 11.9. The maximum Gasteiger partial charge on any atom is 0.339 e. The predicted molar refractivity (Wildman–Crippen MR) is 109 cm³/mol. The largest absolute Gasteiger partial charge is 0.390 e. The van der Waals surface area contributed by atoms with Crippen molar-refractivity contribution in [2.24, 2.45) is 10.8 Å². The van der Waals surface area contributed by atoms with Gasteiger partial charge in [0, 0.05) is 18.1 Å². The Kier molecular flexibility index (Phi) is 20.6. The van der Waals surface area contributed by atoms with E-state index in [0.717, 1.165) is 12.8 Å². The summed E-state index contributed by atoms with van der Waals surface area (Å²) in [4.78, 5) is 26.2. The van der Waals surface area contributed by atoms with Gasteiger partial charge in [0.15, 0.2) is 0 Å². The number of azide groups is 1. The SMILES string of the molecule is CN[C@@H](CCCCN)C(=O)OC(=O)COCCOCCOCCOCCCN=[N+]=[N-]. The third kappa shape index (κ3) is 18.3. The van der Waals surface area contributed by atoms with Gasteiger partial charge in [-0.15, -0.1) is 0 Å². The van der Waals surface area contributed by atoms with Crippen LogP contribution in [0, 0.1) is 0 Å². The molecule has 0 aromatic rings. The van der Waals surface area contributed by atoms with Gasteiger partial charge in [-0.1, -0.05) is 11.5 Å². The number of nitrogens with two attached hydrogens (primary N) is 1. The molecule has 0 aliphatic rings. The number of nitrogens with zero attached hydrogens (tertiary/aromatic N) is 3. The van der Waals surface area contributed by atoms with Crippen LogP contribution in [0.4, 0.5) is 0 Å². The lowest BCUT2D eigenvalue weighted by molar-refractivity contribution is -0.164. The van der Waals surface area contributed by atoms with Crippen LogP contribution in [-0.2, 0) is 33.3 Å². The van der Waals surface area contributed by atoms with Crippen molar-refractivity contribution in [3.8, 4) is 0 Å². The number of carbonyl (C=O) groups excluding carboxylic acids is 2. The Bertz CT molecular complexity index is 490. The first kappa shape index (κ1) is 28.2. The summed E-state index contributed by atoms with van der Waals surface area (Å²) in [6.07, 6.45) is 2.82. The molecule has 0 saturated carbocycles. The van der Waals surface area contributed by atoms with E-state index >= 15 is 0 Å². The number of nitrogens with one attached hydrogen (secondary N) is 1.